The predicted octanol–water partition coefficient (Wildman–Crippen LogP) is 1.20. The zero-order valence-electron chi connectivity index (χ0n) is 17.7. The molecule has 0 aromatic carbocycles. The topological polar surface area (TPSA) is 96.2 Å². The smallest absolute Gasteiger partial charge is 0.233 e. The molecule has 2 aliphatic carbocycles. The number of nitrogens with zero attached hydrogens (tertiary/aromatic N) is 2. The molecule has 8 nitrogen and oxygen atoms in total. The van der Waals surface area contributed by atoms with E-state index in [9.17, 15) is 9.59 Å². The average Bonchev–Trinajstić information content (AvgIpc) is 3.59. The molecule has 4 aliphatic rings. The SMILES string of the molecule is O=C1C2C3C=CC(C3)C2C(=O)N1CCNC(=NCC1CCOC1)NCCc1ccco1. The summed E-state index contributed by atoms with van der Waals surface area (Å²) in [5.74, 6) is 2.28. The molecule has 0 spiro atoms. The number of amides is 2. The molecule has 31 heavy (non-hydrogen) atoms. The second-order valence-electron chi connectivity index (χ2n) is 8.93. The van der Waals surface area contributed by atoms with Gasteiger partial charge in [0.25, 0.3) is 0 Å². The summed E-state index contributed by atoms with van der Waals surface area (Å²) in [4.78, 5) is 31.8. The van der Waals surface area contributed by atoms with Crippen LogP contribution in [0.1, 0.15) is 18.6 Å². The number of fused-ring (bicyclic) bond motifs is 5. The molecule has 5 atom stereocenters. The Hall–Kier alpha value is -2.61. The molecular formula is C23H30N4O4. The van der Waals surface area contributed by atoms with Gasteiger partial charge in [0.2, 0.25) is 11.8 Å². The van der Waals surface area contributed by atoms with Gasteiger partial charge in [0.05, 0.1) is 24.7 Å². The Morgan fingerprint density at radius 3 is 2.58 bits per heavy atom. The van der Waals surface area contributed by atoms with Crippen molar-refractivity contribution in [3.63, 3.8) is 0 Å². The number of nitrogens with one attached hydrogen (secondary N) is 2. The van der Waals surface area contributed by atoms with Gasteiger partial charge in [0.1, 0.15) is 5.76 Å². The Kier molecular flexibility index (Phi) is 5.80. The standard InChI is InChI=1S/C23H30N4O4/c28-21-19-16-3-4-17(12-16)20(19)22(29)27(21)9-8-25-23(26-13-15-6-11-30-14-15)24-7-5-18-2-1-10-31-18/h1-4,10,15-17,19-20H,5-9,11-14H2,(H2,24,25,26). The third-order valence-electron chi connectivity index (χ3n) is 6.97. The van der Waals surface area contributed by atoms with E-state index < -0.39 is 0 Å². The van der Waals surface area contributed by atoms with Crippen molar-refractivity contribution in [2.45, 2.75) is 19.3 Å². The number of carbonyl (C=O) groups is 2. The van der Waals surface area contributed by atoms with Crippen molar-refractivity contribution in [3.05, 3.63) is 36.3 Å². The highest BCUT2D eigenvalue weighted by Gasteiger charge is 2.58. The third kappa shape index (κ3) is 4.13. The predicted molar refractivity (Wildman–Crippen MR) is 114 cm³/mol. The van der Waals surface area contributed by atoms with Gasteiger partial charge < -0.3 is 19.8 Å². The summed E-state index contributed by atoms with van der Waals surface area (Å²) in [6, 6.07) is 3.83. The van der Waals surface area contributed by atoms with E-state index in [0.717, 1.165) is 38.2 Å². The molecule has 2 aliphatic heterocycles. The summed E-state index contributed by atoms with van der Waals surface area (Å²) in [5.41, 5.74) is 0. The molecule has 3 heterocycles. The lowest BCUT2D eigenvalue weighted by atomic mass is 9.85. The molecule has 2 amide bonds. The molecule has 5 unspecified atom stereocenters. The van der Waals surface area contributed by atoms with E-state index in [4.69, 9.17) is 14.1 Å². The zero-order chi connectivity index (χ0) is 21.2. The average molecular weight is 427 g/mol. The second kappa shape index (κ2) is 8.86. The summed E-state index contributed by atoms with van der Waals surface area (Å²) >= 11 is 0. The van der Waals surface area contributed by atoms with Gasteiger partial charge in [-0.3, -0.25) is 19.5 Å². The highest BCUT2D eigenvalue weighted by atomic mass is 16.5. The molecule has 8 heteroatoms. The van der Waals surface area contributed by atoms with Crippen LogP contribution in [-0.2, 0) is 20.7 Å². The first-order valence-electron chi connectivity index (χ1n) is 11.4. The number of carbonyl (C=O) groups excluding carboxylic acids is 2. The van der Waals surface area contributed by atoms with Crippen LogP contribution < -0.4 is 10.6 Å². The number of rotatable bonds is 8. The van der Waals surface area contributed by atoms with Gasteiger partial charge in [0, 0.05) is 45.1 Å². The Morgan fingerprint density at radius 1 is 1.13 bits per heavy atom. The van der Waals surface area contributed by atoms with E-state index in [0.29, 0.717) is 38.1 Å². The minimum absolute atomic E-state index is 0.000946. The molecule has 1 aromatic heterocycles. The van der Waals surface area contributed by atoms with E-state index in [1.54, 1.807) is 6.26 Å². The summed E-state index contributed by atoms with van der Waals surface area (Å²) in [6.45, 7) is 3.77. The monoisotopic (exact) mass is 426 g/mol. The fourth-order valence-corrected chi connectivity index (χ4v) is 5.35. The van der Waals surface area contributed by atoms with Crippen LogP contribution in [-0.4, -0.2) is 62.1 Å². The van der Waals surface area contributed by atoms with Crippen molar-refractivity contribution in [1.29, 1.82) is 0 Å². The number of aliphatic imine (C=N–C) groups is 1. The lowest BCUT2D eigenvalue weighted by Gasteiger charge is -2.19. The van der Waals surface area contributed by atoms with E-state index >= 15 is 0 Å². The van der Waals surface area contributed by atoms with Crippen LogP contribution in [0.3, 0.4) is 0 Å². The van der Waals surface area contributed by atoms with E-state index in [-0.39, 0.29) is 35.5 Å². The normalized spacial score (nSPS) is 31.7. The molecule has 1 saturated carbocycles. The molecule has 0 radical (unpaired) electrons. The summed E-state index contributed by atoms with van der Waals surface area (Å²) in [7, 11) is 0. The number of furan rings is 1. The van der Waals surface area contributed by atoms with Gasteiger partial charge in [-0.15, -0.1) is 0 Å². The maximum atomic E-state index is 12.8. The molecular weight excluding hydrogens is 396 g/mol. The third-order valence-corrected chi connectivity index (χ3v) is 6.97. The van der Waals surface area contributed by atoms with Crippen LogP contribution >= 0.6 is 0 Å². The van der Waals surface area contributed by atoms with Gasteiger partial charge in [-0.05, 0) is 36.8 Å². The Labute approximate surface area is 182 Å². The van der Waals surface area contributed by atoms with Crippen LogP contribution in [0.25, 0.3) is 0 Å². The van der Waals surface area contributed by atoms with Crippen molar-refractivity contribution < 1.29 is 18.7 Å². The number of guanidine groups is 1. The number of allylic oxidation sites excluding steroid dienone is 2. The lowest BCUT2D eigenvalue weighted by Crippen LogP contribution is -2.44. The number of imide groups is 1. The Bertz CT molecular complexity index is 829. The maximum Gasteiger partial charge on any atom is 0.233 e. The lowest BCUT2D eigenvalue weighted by molar-refractivity contribution is -0.140. The summed E-state index contributed by atoms with van der Waals surface area (Å²) < 4.78 is 10.8. The quantitative estimate of drug-likeness (QED) is 0.281. The van der Waals surface area contributed by atoms with Crippen molar-refractivity contribution in [1.82, 2.24) is 15.5 Å². The second-order valence-corrected chi connectivity index (χ2v) is 8.93. The van der Waals surface area contributed by atoms with Crippen LogP contribution in [0.15, 0.2) is 40.0 Å². The van der Waals surface area contributed by atoms with Crippen molar-refractivity contribution >= 4 is 17.8 Å². The van der Waals surface area contributed by atoms with Crippen LogP contribution in [0.2, 0.25) is 0 Å². The van der Waals surface area contributed by atoms with Crippen molar-refractivity contribution in [2.75, 3.05) is 39.4 Å². The molecule has 166 valence electrons. The first-order valence-corrected chi connectivity index (χ1v) is 11.4. The fraction of sp³-hybridized carbons (Fsp3) is 0.609. The first kappa shape index (κ1) is 20.3. The highest BCUT2D eigenvalue weighted by Crippen LogP contribution is 2.52. The molecule has 5 rings (SSSR count). The molecule has 2 N–H and O–H groups in total. The van der Waals surface area contributed by atoms with E-state index in [1.807, 2.05) is 12.1 Å². The Balaban J connectivity index is 1.14. The molecule has 1 aromatic rings. The Morgan fingerprint density at radius 2 is 1.90 bits per heavy atom. The molecule has 2 bridgehead atoms. The van der Waals surface area contributed by atoms with E-state index in [2.05, 4.69) is 22.8 Å². The maximum absolute atomic E-state index is 12.8. The summed E-state index contributed by atoms with van der Waals surface area (Å²) in [6.07, 6.45) is 8.66. The van der Waals surface area contributed by atoms with E-state index in [1.165, 1.54) is 4.90 Å². The van der Waals surface area contributed by atoms with Gasteiger partial charge >= 0.3 is 0 Å². The molecule has 2 saturated heterocycles. The number of likely N-dealkylation sites (tertiary alicyclic amines) is 1. The van der Waals surface area contributed by atoms with Crippen molar-refractivity contribution in [3.8, 4) is 0 Å². The minimum Gasteiger partial charge on any atom is -0.469 e. The summed E-state index contributed by atoms with van der Waals surface area (Å²) in [5, 5.41) is 6.63. The largest absolute Gasteiger partial charge is 0.469 e. The van der Waals surface area contributed by atoms with Gasteiger partial charge in [-0.2, -0.15) is 0 Å². The number of ether oxygens (including phenoxy) is 1. The highest BCUT2D eigenvalue weighted by molar-refractivity contribution is 6.06. The van der Waals surface area contributed by atoms with Crippen LogP contribution in [0, 0.1) is 29.6 Å². The first-order chi connectivity index (χ1) is 15.2. The van der Waals surface area contributed by atoms with Gasteiger partial charge in [-0.1, -0.05) is 12.2 Å². The van der Waals surface area contributed by atoms with Crippen LogP contribution in [0.4, 0.5) is 0 Å². The van der Waals surface area contributed by atoms with Gasteiger partial charge in [0.15, 0.2) is 5.96 Å². The van der Waals surface area contributed by atoms with Crippen LogP contribution in [0.5, 0.6) is 0 Å². The molecule has 3 fully saturated rings. The minimum atomic E-state index is -0.135. The number of hydrogen-bond donors (Lipinski definition) is 2. The fourth-order valence-electron chi connectivity index (χ4n) is 5.35. The zero-order valence-corrected chi connectivity index (χ0v) is 17.7. The van der Waals surface area contributed by atoms with Gasteiger partial charge in [-0.25, -0.2) is 0 Å². The van der Waals surface area contributed by atoms with Crippen molar-refractivity contribution in [2.24, 2.45) is 34.6 Å². The number of hydrogen-bond acceptors (Lipinski definition) is 5.